The maximum absolute atomic E-state index is 13.5. The number of aryl methyl sites for hydroxylation is 1. The average Bonchev–Trinajstić information content (AvgIpc) is 2.53. The molecule has 118 valence electrons. The number of aromatic nitrogens is 1. The Labute approximate surface area is 130 Å². The van der Waals surface area contributed by atoms with Crippen LogP contribution in [0.15, 0.2) is 24.3 Å². The van der Waals surface area contributed by atoms with Crippen molar-refractivity contribution in [3.63, 3.8) is 0 Å². The van der Waals surface area contributed by atoms with Crippen molar-refractivity contribution in [3.8, 4) is 0 Å². The molecule has 0 atom stereocenters. The summed E-state index contributed by atoms with van der Waals surface area (Å²) in [5, 5.41) is 4.28. The summed E-state index contributed by atoms with van der Waals surface area (Å²) in [6, 6.07) is 6.72. The van der Waals surface area contributed by atoms with Crippen LogP contribution < -0.4 is 5.32 Å². The highest BCUT2D eigenvalue weighted by Gasteiger charge is 2.09. The number of halogens is 1. The van der Waals surface area contributed by atoms with Gasteiger partial charge in [-0.05, 0) is 44.2 Å². The van der Waals surface area contributed by atoms with Crippen LogP contribution in [0, 0.1) is 12.7 Å². The van der Waals surface area contributed by atoms with E-state index in [1.165, 1.54) is 6.07 Å². The number of benzene rings is 1. The van der Waals surface area contributed by atoms with Crippen LogP contribution in [0.5, 0.6) is 0 Å². The second kappa shape index (κ2) is 7.03. The number of hydrogen-bond acceptors (Lipinski definition) is 4. The Morgan fingerprint density at radius 1 is 1.27 bits per heavy atom. The first-order valence-corrected chi connectivity index (χ1v) is 7.83. The van der Waals surface area contributed by atoms with Gasteiger partial charge in [0, 0.05) is 36.4 Å². The number of rotatable bonds is 5. The SMILES string of the molecule is Cc1cc(NCCCN2CCOCC2)c2cc(F)ccc2n1. The first-order chi connectivity index (χ1) is 10.7. The Morgan fingerprint density at radius 3 is 2.91 bits per heavy atom. The molecule has 1 aromatic heterocycles. The Hall–Kier alpha value is -1.72. The second-order valence-electron chi connectivity index (χ2n) is 5.71. The number of hydrogen-bond donors (Lipinski definition) is 1. The monoisotopic (exact) mass is 303 g/mol. The van der Waals surface area contributed by atoms with E-state index in [0.29, 0.717) is 0 Å². The van der Waals surface area contributed by atoms with Gasteiger partial charge in [0.1, 0.15) is 5.82 Å². The van der Waals surface area contributed by atoms with Crippen LogP contribution in [-0.2, 0) is 4.74 Å². The second-order valence-corrected chi connectivity index (χ2v) is 5.71. The molecule has 1 N–H and O–H groups in total. The zero-order valence-corrected chi connectivity index (χ0v) is 12.9. The quantitative estimate of drug-likeness (QED) is 0.862. The molecule has 22 heavy (non-hydrogen) atoms. The van der Waals surface area contributed by atoms with E-state index in [9.17, 15) is 4.39 Å². The molecule has 1 aromatic carbocycles. The fourth-order valence-corrected chi connectivity index (χ4v) is 2.83. The predicted molar refractivity (Wildman–Crippen MR) is 86.8 cm³/mol. The van der Waals surface area contributed by atoms with Crippen LogP contribution in [0.2, 0.25) is 0 Å². The first-order valence-electron chi connectivity index (χ1n) is 7.83. The van der Waals surface area contributed by atoms with Crippen LogP contribution >= 0.6 is 0 Å². The minimum absolute atomic E-state index is 0.227. The molecule has 0 spiro atoms. The Kier molecular flexibility index (Phi) is 4.85. The van der Waals surface area contributed by atoms with Gasteiger partial charge in [0.15, 0.2) is 0 Å². The van der Waals surface area contributed by atoms with Gasteiger partial charge < -0.3 is 10.1 Å². The lowest BCUT2D eigenvalue weighted by molar-refractivity contribution is 0.0378. The average molecular weight is 303 g/mol. The van der Waals surface area contributed by atoms with Crippen molar-refractivity contribution < 1.29 is 9.13 Å². The highest BCUT2D eigenvalue weighted by Crippen LogP contribution is 2.24. The van der Waals surface area contributed by atoms with Gasteiger partial charge in [0.05, 0.1) is 18.7 Å². The van der Waals surface area contributed by atoms with E-state index < -0.39 is 0 Å². The highest BCUT2D eigenvalue weighted by atomic mass is 19.1. The van der Waals surface area contributed by atoms with E-state index in [4.69, 9.17) is 4.74 Å². The molecular weight excluding hydrogens is 281 g/mol. The molecule has 0 bridgehead atoms. The number of ether oxygens (including phenoxy) is 1. The molecule has 0 radical (unpaired) electrons. The van der Waals surface area contributed by atoms with E-state index in [0.717, 1.165) is 68.1 Å². The predicted octanol–water partition coefficient (Wildman–Crippen LogP) is 2.82. The summed E-state index contributed by atoms with van der Waals surface area (Å²) in [6.45, 7) is 7.59. The number of pyridine rings is 1. The van der Waals surface area contributed by atoms with Gasteiger partial charge in [-0.2, -0.15) is 0 Å². The molecule has 4 nitrogen and oxygen atoms in total. The van der Waals surface area contributed by atoms with Crippen LogP contribution in [-0.4, -0.2) is 49.3 Å². The molecule has 5 heteroatoms. The maximum Gasteiger partial charge on any atom is 0.124 e. The Balaban J connectivity index is 1.62. The molecule has 3 rings (SSSR count). The number of morpholine rings is 1. The summed E-state index contributed by atoms with van der Waals surface area (Å²) in [6.07, 6.45) is 1.05. The summed E-state index contributed by atoms with van der Waals surface area (Å²) in [4.78, 5) is 6.87. The van der Waals surface area contributed by atoms with Crippen molar-refractivity contribution in [2.75, 3.05) is 44.7 Å². The molecule has 0 amide bonds. The van der Waals surface area contributed by atoms with Crippen molar-refractivity contribution in [1.29, 1.82) is 0 Å². The summed E-state index contributed by atoms with van der Waals surface area (Å²) in [5.74, 6) is -0.227. The van der Waals surface area contributed by atoms with Gasteiger partial charge in [-0.1, -0.05) is 0 Å². The molecule has 0 saturated carbocycles. The van der Waals surface area contributed by atoms with Crippen LogP contribution in [0.4, 0.5) is 10.1 Å². The lowest BCUT2D eigenvalue weighted by Crippen LogP contribution is -2.37. The molecule has 1 aliphatic rings. The van der Waals surface area contributed by atoms with Crippen molar-refractivity contribution in [1.82, 2.24) is 9.88 Å². The molecule has 2 heterocycles. The lowest BCUT2D eigenvalue weighted by Gasteiger charge is -2.26. The summed E-state index contributed by atoms with van der Waals surface area (Å²) in [7, 11) is 0. The fraction of sp³-hybridized carbons (Fsp3) is 0.471. The van der Waals surface area contributed by atoms with E-state index in [1.54, 1.807) is 12.1 Å². The summed E-state index contributed by atoms with van der Waals surface area (Å²) in [5.41, 5.74) is 2.73. The van der Waals surface area contributed by atoms with Crippen molar-refractivity contribution in [2.24, 2.45) is 0 Å². The number of nitrogens with zero attached hydrogens (tertiary/aromatic N) is 2. The van der Waals surface area contributed by atoms with E-state index in [-0.39, 0.29) is 5.82 Å². The number of anilines is 1. The largest absolute Gasteiger partial charge is 0.384 e. The van der Waals surface area contributed by atoms with Gasteiger partial charge >= 0.3 is 0 Å². The number of nitrogens with one attached hydrogen (secondary N) is 1. The lowest BCUT2D eigenvalue weighted by atomic mass is 10.1. The number of fused-ring (bicyclic) bond motifs is 1. The minimum Gasteiger partial charge on any atom is -0.384 e. The molecular formula is C17H22FN3O. The maximum atomic E-state index is 13.5. The Bertz CT molecular complexity index is 641. The van der Waals surface area contributed by atoms with Gasteiger partial charge in [-0.25, -0.2) is 4.39 Å². The van der Waals surface area contributed by atoms with Crippen LogP contribution in [0.3, 0.4) is 0 Å². The molecule has 2 aromatic rings. The Morgan fingerprint density at radius 2 is 2.09 bits per heavy atom. The third kappa shape index (κ3) is 3.72. The van der Waals surface area contributed by atoms with Gasteiger partial charge in [-0.15, -0.1) is 0 Å². The molecule has 1 saturated heterocycles. The van der Waals surface area contributed by atoms with Gasteiger partial charge in [0.2, 0.25) is 0 Å². The standard InChI is InChI=1S/C17H22FN3O/c1-13-11-17(15-12-14(18)3-4-16(15)20-13)19-5-2-6-21-7-9-22-10-8-21/h3-4,11-12H,2,5-10H2,1H3,(H,19,20). The van der Waals surface area contributed by atoms with E-state index >= 15 is 0 Å². The van der Waals surface area contributed by atoms with Gasteiger partial charge in [-0.3, -0.25) is 9.88 Å². The summed E-state index contributed by atoms with van der Waals surface area (Å²) < 4.78 is 18.8. The first kappa shape index (κ1) is 15.2. The van der Waals surface area contributed by atoms with Crippen molar-refractivity contribution >= 4 is 16.6 Å². The van der Waals surface area contributed by atoms with E-state index in [2.05, 4.69) is 15.2 Å². The van der Waals surface area contributed by atoms with Crippen molar-refractivity contribution in [2.45, 2.75) is 13.3 Å². The van der Waals surface area contributed by atoms with Crippen molar-refractivity contribution in [3.05, 3.63) is 35.8 Å². The fourth-order valence-electron chi connectivity index (χ4n) is 2.83. The van der Waals surface area contributed by atoms with Gasteiger partial charge in [0.25, 0.3) is 0 Å². The summed E-state index contributed by atoms with van der Waals surface area (Å²) >= 11 is 0. The molecule has 1 fully saturated rings. The highest BCUT2D eigenvalue weighted by molar-refractivity contribution is 5.91. The van der Waals surface area contributed by atoms with E-state index in [1.807, 2.05) is 13.0 Å². The normalized spacial score (nSPS) is 16.1. The smallest absolute Gasteiger partial charge is 0.124 e. The minimum atomic E-state index is -0.227. The molecule has 1 aliphatic heterocycles. The molecule has 0 unspecified atom stereocenters. The zero-order valence-electron chi connectivity index (χ0n) is 12.9. The third-order valence-corrected chi connectivity index (χ3v) is 3.97. The zero-order chi connectivity index (χ0) is 15.4. The van der Waals surface area contributed by atoms with Crippen LogP contribution in [0.1, 0.15) is 12.1 Å². The molecule has 0 aliphatic carbocycles. The van der Waals surface area contributed by atoms with Crippen LogP contribution in [0.25, 0.3) is 10.9 Å². The topological polar surface area (TPSA) is 37.4 Å². The third-order valence-electron chi connectivity index (χ3n) is 3.97.